The van der Waals surface area contributed by atoms with Crippen LogP contribution in [0.2, 0.25) is 0 Å². The number of aromatic nitrogens is 2. The third kappa shape index (κ3) is 3.15. The first-order chi connectivity index (χ1) is 9.06. The SMILES string of the molecule is O=C(Cc1ccccc1F)Nc1cc(C(=O)O)[nH]n1. The van der Waals surface area contributed by atoms with Crippen molar-refractivity contribution in [2.24, 2.45) is 0 Å². The summed E-state index contributed by atoms with van der Waals surface area (Å²) in [5, 5.41) is 16.9. The van der Waals surface area contributed by atoms with Crippen LogP contribution in [0.1, 0.15) is 16.1 Å². The van der Waals surface area contributed by atoms with Gasteiger partial charge in [0.1, 0.15) is 11.5 Å². The molecule has 98 valence electrons. The monoisotopic (exact) mass is 263 g/mol. The number of aromatic carboxylic acids is 1. The number of nitrogens with one attached hydrogen (secondary N) is 2. The van der Waals surface area contributed by atoms with Crippen LogP contribution in [-0.4, -0.2) is 27.2 Å². The molecule has 6 nitrogen and oxygen atoms in total. The van der Waals surface area contributed by atoms with Crippen molar-refractivity contribution in [1.29, 1.82) is 0 Å². The van der Waals surface area contributed by atoms with Crippen LogP contribution in [-0.2, 0) is 11.2 Å². The highest BCUT2D eigenvalue weighted by molar-refractivity contribution is 5.93. The van der Waals surface area contributed by atoms with E-state index in [-0.39, 0.29) is 23.5 Å². The molecule has 7 heteroatoms. The topological polar surface area (TPSA) is 95.1 Å². The first kappa shape index (κ1) is 12.7. The smallest absolute Gasteiger partial charge is 0.353 e. The number of carboxylic acid groups (broad SMARTS) is 1. The second-order valence-electron chi connectivity index (χ2n) is 3.79. The molecule has 0 saturated carbocycles. The van der Waals surface area contributed by atoms with Gasteiger partial charge in [-0.25, -0.2) is 9.18 Å². The van der Waals surface area contributed by atoms with E-state index in [1.165, 1.54) is 24.3 Å². The molecule has 0 aliphatic carbocycles. The molecule has 0 unspecified atom stereocenters. The molecule has 0 bridgehead atoms. The zero-order chi connectivity index (χ0) is 13.8. The second kappa shape index (κ2) is 5.30. The fourth-order valence-corrected chi connectivity index (χ4v) is 1.50. The number of aromatic amines is 1. The van der Waals surface area contributed by atoms with Crippen molar-refractivity contribution in [3.63, 3.8) is 0 Å². The molecule has 1 amide bonds. The van der Waals surface area contributed by atoms with Gasteiger partial charge in [-0.15, -0.1) is 0 Å². The van der Waals surface area contributed by atoms with Gasteiger partial charge in [-0.05, 0) is 11.6 Å². The maximum absolute atomic E-state index is 13.3. The summed E-state index contributed by atoms with van der Waals surface area (Å²) in [5.74, 6) is -2.04. The molecule has 2 aromatic rings. The minimum absolute atomic E-state index is 0.0822. The Morgan fingerprint density at radius 1 is 1.37 bits per heavy atom. The highest BCUT2D eigenvalue weighted by atomic mass is 19.1. The van der Waals surface area contributed by atoms with Crippen LogP contribution in [0, 0.1) is 5.82 Å². The lowest BCUT2D eigenvalue weighted by molar-refractivity contribution is -0.115. The Morgan fingerprint density at radius 2 is 2.11 bits per heavy atom. The number of H-pyrrole nitrogens is 1. The highest BCUT2D eigenvalue weighted by Crippen LogP contribution is 2.09. The van der Waals surface area contributed by atoms with Gasteiger partial charge in [0.05, 0.1) is 6.42 Å². The van der Waals surface area contributed by atoms with Gasteiger partial charge < -0.3 is 10.4 Å². The lowest BCUT2D eigenvalue weighted by Crippen LogP contribution is -2.15. The number of anilines is 1. The number of hydrogen-bond acceptors (Lipinski definition) is 3. The first-order valence-corrected chi connectivity index (χ1v) is 5.38. The summed E-state index contributed by atoms with van der Waals surface area (Å²) in [6.45, 7) is 0. The van der Waals surface area contributed by atoms with Crippen LogP contribution in [0.4, 0.5) is 10.2 Å². The zero-order valence-electron chi connectivity index (χ0n) is 9.68. The van der Waals surface area contributed by atoms with Crippen molar-refractivity contribution in [2.75, 3.05) is 5.32 Å². The molecule has 0 aliphatic rings. The Labute approximate surface area is 107 Å². The van der Waals surface area contributed by atoms with Gasteiger partial charge in [0.2, 0.25) is 5.91 Å². The molecule has 0 radical (unpaired) electrons. The molecule has 3 N–H and O–H groups in total. The zero-order valence-corrected chi connectivity index (χ0v) is 9.68. The van der Waals surface area contributed by atoms with Crippen LogP contribution >= 0.6 is 0 Å². The maximum Gasteiger partial charge on any atom is 0.353 e. The Kier molecular flexibility index (Phi) is 3.56. The normalized spacial score (nSPS) is 10.2. The van der Waals surface area contributed by atoms with Crippen LogP contribution in [0.5, 0.6) is 0 Å². The van der Waals surface area contributed by atoms with Crippen LogP contribution in [0.3, 0.4) is 0 Å². The van der Waals surface area contributed by atoms with E-state index < -0.39 is 17.7 Å². The number of carbonyl (C=O) groups is 2. The number of benzene rings is 1. The van der Waals surface area contributed by atoms with Gasteiger partial charge in [0.25, 0.3) is 0 Å². The van der Waals surface area contributed by atoms with E-state index >= 15 is 0 Å². The molecule has 0 fully saturated rings. The number of nitrogens with zero attached hydrogens (tertiary/aromatic N) is 1. The number of carboxylic acids is 1. The third-order valence-corrected chi connectivity index (χ3v) is 2.38. The third-order valence-electron chi connectivity index (χ3n) is 2.38. The quantitative estimate of drug-likeness (QED) is 0.777. The Morgan fingerprint density at radius 3 is 2.74 bits per heavy atom. The molecule has 0 spiro atoms. The molecule has 2 rings (SSSR count). The van der Waals surface area contributed by atoms with E-state index in [1.54, 1.807) is 6.07 Å². The minimum atomic E-state index is -1.18. The van der Waals surface area contributed by atoms with Gasteiger partial charge in [-0.2, -0.15) is 5.10 Å². The van der Waals surface area contributed by atoms with Crippen molar-refractivity contribution in [3.8, 4) is 0 Å². The van der Waals surface area contributed by atoms with Crippen molar-refractivity contribution < 1.29 is 19.1 Å². The van der Waals surface area contributed by atoms with Gasteiger partial charge in [0.15, 0.2) is 5.82 Å². The molecular formula is C12H10FN3O3. The lowest BCUT2D eigenvalue weighted by Gasteiger charge is -2.02. The number of rotatable bonds is 4. The van der Waals surface area contributed by atoms with Crippen molar-refractivity contribution in [1.82, 2.24) is 10.2 Å². The lowest BCUT2D eigenvalue weighted by atomic mass is 10.1. The van der Waals surface area contributed by atoms with Crippen LogP contribution in [0.25, 0.3) is 0 Å². The summed E-state index contributed by atoms with van der Waals surface area (Å²) < 4.78 is 13.3. The van der Waals surface area contributed by atoms with Crippen molar-refractivity contribution >= 4 is 17.7 Å². The van der Waals surface area contributed by atoms with E-state index in [1.807, 2.05) is 0 Å². The summed E-state index contributed by atoms with van der Waals surface area (Å²) in [7, 11) is 0. The van der Waals surface area contributed by atoms with Crippen LogP contribution < -0.4 is 5.32 Å². The highest BCUT2D eigenvalue weighted by Gasteiger charge is 2.11. The summed E-state index contributed by atoms with van der Waals surface area (Å²) in [4.78, 5) is 22.2. The second-order valence-corrected chi connectivity index (χ2v) is 3.79. The fourth-order valence-electron chi connectivity index (χ4n) is 1.50. The van der Waals surface area contributed by atoms with Crippen LogP contribution in [0.15, 0.2) is 30.3 Å². The first-order valence-electron chi connectivity index (χ1n) is 5.38. The molecule has 0 aliphatic heterocycles. The predicted octanol–water partition coefficient (Wildman–Crippen LogP) is 1.43. The van der Waals surface area contributed by atoms with E-state index in [2.05, 4.69) is 15.5 Å². The molecule has 1 aromatic carbocycles. The number of hydrogen-bond donors (Lipinski definition) is 3. The maximum atomic E-state index is 13.3. The van der Waals surface area contributed by atoms with E-state index in [9.17, 15) is 14.0 Å². The summed E-state index contributed by atoms with van der Waals surface area (Å²) in [6.07, 6.45) is -0.151. The van der Waals surface area contributed by atoms with Gasteiger partial charge in [-0.1, -0.05) is 18.2 Å². The average Bonchev–Trinajstić information content (AvgIpc) is 2.80. The number of amides is 1. The standard InChI is InChI=1S/C12H10FN3O3/c13-8-4-2-1-3-7(8)5-11(17)14-10-6-9(12(18)19)15-16-10/h1-4,6H,5H2,(H,18,19)(H2,14,15,16,17). The molecular weight excluding hydrogens is 253 g/mol. The molecule has 1 heterocycles. The summed E-state index contributed by atoms with van der Waals surface area (Å²) >= 11 is 0. The largest absolute Gasteiger partial charge is 0.477 e. The minimum Gasteiger partial charge on any atom is -0.477 e. The number of halogens is 1. The van der Waals surface area contributed by atoms with Crippen molar-refractivity contribution in [2.45, 2.75) is 6.42 Å². The van der Waals surface area contributed by atoms with Gasteiger partial charge in [0, 0.05) is 6.07 Å². The van der Waals surface area contributed by atoms with E-state index in [0.29, 0.717) is 0 Å². The predicted molar refractivity (Wildman–Crippen MR) is 64.3 cm³/mol. The molecule has 19 heavy (non-hydrogen) atoms. The van der Waals surface area contributed by atoms with E-state index in [0.717, 1.165) is 0 Å². The Bertz CT molecular complexity index is 624. The molecule has 1 aromatic heterocycles. The average molecular weight is 263 g/mol. The fraction of sp³-hybridized carbons (Fsp3) is 0.0833. The molecule has 0 saturated heterocycles. The van der Waals surface area contributed by atoms with Gasteiger partial charge in [-0.3, -0.25) is 9.89 Å². The number of carbonyl (C=O) groups excluding carboxylic acids is 1. The summed E-state index contributed by atoms with van der Waals surface area (Å²) in [5.41, 5.74) is 0.121. The van der Waals surface area contributed by atoms with Crippen molar-refractivity contribution in [3.05, 3.63) is 47.4 Å². The summed E-state index contributed by atoms with van der Waals surface area (Å²) in [6, 6.07) is 7.11. The Hall–Kier alpha value is -2.70. The van der Waals surface area contributed by atoms with E-state index in [4.69, 9.17) is 5.11 Å². The van der Waals surface area contributed by atoms with Gasteiger partial charge >= 0.3 is 5.97 Å². The Balaban J connectivity index is 2.01. The molecule has 0 atom stereocenters.